The van der Waals surface area contributed by atoms with E-state index in [0.717, 1.165) is 22.9 Å². The summed E-state index contributed by atoms with van der Waals surface area (Å²) < 4.78 is 1.83. The lowest BCUT2D eigenvalue weighted by Crippen LogP contribution is -2.26. The summed E-state index contributed by atoms with van der Waals surface area (Å²) in [5.41, 5.74) is 0.746. The number of thioether (sulfide) groups is 1. The van der Waals surface area contributed by atoms with Crippen LogP contribution in [0.1, 0.15) is 25.6 Å². The molecule has 1 fully saturated rings. The molecule has 172 valence electrons. The van der Waals surface area contributed by atoms with Crippen molar-refractivity contribution in [3.05, 3.63) is 72.7 Å². The van der Waals surface area contributed by atoms with Gasteiger partial charge in [0.1, 0.15) is 5.82 Å². The van der Waals surface area contributed by atoms with Crippen LogP contribution in [-0.2, 0) is 16.1 Å². The lowest BCUT2D eigenvalue weighted by atomic mass is 10.1. The first-order valence-corrected chi connectivity index (χ1v) is 12.1. The number of rotatable bonds is 7. The Bertz CT molecular complexity index is 1340. The molecule has 1 atom stereocenters. The zero-order valence-electron chi connectivity index (χ0n) is 18.7. The Morgan fingerprint density at radius 2 is 1.91 bits per heavy atom. The molecule has 1 aliphatic heterocycles. The molecular formula is C25H24N6O2S. The van der Waals surface area contributed by atoms with E-state index in [0.29, 0.717) is 36.3 Å². The van der Waals surface area contributed by atoms with E-state index in [9.17, 15) is 9.59 Å². The average Bonchev–Trinajstić information content (AvgIpc) is 3.45. The van der Waals surface area contributed by atoms with Gasteiger partial charge in [0.2, 0.25) is 11.8 Å². The molecule has 1 aliphatic rings. The Labute approximate surface area is 201 Å². The molecule has 8 nitrogen and oxygen atoms in total. The maximum atomic E-state index is 13.0. The first kappa shape index (κ1) is 22.1. The van der Waals surface area contributed by atoms with Gasteiger partial charge in [0, 0.05) is 24.8 Å². The molecule has 0 saturated carbocycles. The second-order valence-electron chi connectivity index (χ2n) is 8.15. The fourth-order valence-electron chi connectivity index (χ4n) is 3.96. The van der Waals surface area contributed by atoms with Crippen molar-refractivity contribution >= 4 is 40.0 Å². The van der Waals surface area contributed by atoms with Crippen LogP contribution >= 0.6 is 11.8 Å². The minimum Gasteiger partial charge on any atom is -0.335 e. The van der Waals surface area contributed by atoms with Crippen LogP contribution in [0.3, 0.4) is 0 Å². The zero-order valence-corrected chi connectivity index (χ0v) is 19.5. The molecule has 3 heterocycles. The third-order valence-electron chi connectivity index (χ3n) is 5.75. The van der Waals surface area contributed by atoms with E-state index in [1.165, 1.54) is 11.8 Å². The average molecular weight is 473 g/mol. The maximum Gasteiger partial charge on any atom is 0.237 e. The predicted octanol–water partition coefficient (Wildman–Crippen LogP) is 4.06. The third kappa shape index (κ3) is 4.65. The van der Waals surface area contributed by atoms with Crippen LogP contribution in [0.5, 0.6) is 0 Å². The molecule has 0 radical (unpaired) electrons. The number of likely N-dealkylation sites (tertiary alicyclic amines) is 1. The van der Waals surface area contributed by atoms with Gasteiger partial charge in [-0.3, -0.25) is 14.2 Å². The Morgan fingerprint density at radius 1 is 1.09 bits per heavy atom. The zero-order chi connectivity index (χ0) is 23.5. The van der Waals surface area contributed by atoms with Crippen LogP contribution in [0.2, 0.25) is 0 Å². The number of aromatic nitrogens is 4. The van der Waals surface area contributed by atoms with Crippen LogP contribution in [0.25, 0.3) is 16.6 Å². The largest absolute Gasteiger partial charge is 0.335 e. The first-order chi connectivity index (χ1) is 16.6. The number of amides is 2. The molecule has 9 heteroatoms. The number of hydrogen-bond donors (Lipinski definition) is 1. The second kappa shape index (κ2) is 9.64. The monoisotopic (exact) mass is 472 g/mol. The molecule has 1 unspecified atom stereocenters. The highest BCUT2D eigenvalue weighted by atomic mass is 32.2. The van der Waals surface area contributed by atoms with Crippen LogP contribution < -0.4 is 5.32 Å². The van der Waals surface area contributed by atoms with Crippen LogP contribution in [0.15, 0.2) is 72.0 Å². The summed E-state index contributed by atoms with van der Waals surface area (Å²) in [5.74, 6) is 1.26. The number of anilines is 1. The minimum atomic E-state index is -0.431. The fourth-order valence-corrected chi connectivity index (χ4v) is 4.83. The van der Waals surface area contributed by atoms with Crippen molar-refractivity contribution in [2.75, 3.05) is 11.9 Å². The van der Waals surface area contributed by atoms with Crippen molar-refractivity contribution < 1.29 is 9.59 Å². The van der Waals surface area contributed by atoms with Gasteiger partial charge >= 0.3 is 0 Å². The van der Waals surface area contributed by atoms with Crippen molar-refractivity contribution in [1.29, 1.82) is 0 Å². The molecule has 2 aromatic heterocycles. The molecule has 0 spiro atoms. The summed E-state index contributed by atoms with van der Waals surface area (Å²) >= 11 is 1.31. The molecule has 5 rings (SSSR count). The summed E-state index contributed by atoms with van der Waals surface area (Å²) in [7, 11) is 0. The molecule has 0 bridgehead atoms. The highest BCUT2D eigenvalue weighted by Gasteiger charge is 2.26. The van der Waals surface area contributed by atoms with E-state index in [-0.39, 0.29) is 11.8 Å². The number of fused-ring (bicyclic) bond motifs is 1. The number of pyridine rings is 1. The number of carbonyl (C=O) groups excluding carboxylic acids is 2. The molecular weight excluding hydrogens is 448 g/mol. The fraction of sp³-hybridized carbons (Fsp3) is 0.240. The van der Waals surface area contributed by atoms with Gasteiger partial charge in [-0.05, 0) is 48.4 Å². The van der Waals surface area contributed by atoms with Gasteiger partial charge in [-0.25, -0.2) is 4.98 Å². The predicted molar refractivity (Wildman–Crippen MR) is 132 cm³/mol. The molecule has 1 N–H and O–H groups in total. The summed E-state index contributed by atoms with van der Waals surface area (Å²) in [6.07, 6.45) is 3.11. The van der Waals surface area contributed by atoms with E-state index >= 15 is 0 Å². The highest BCUT2D eigenvalue weighted by Crippen LogP contribution is 2.27. The molecule has 0 aliphatic carbocycles. The number of nitrogens with one attached hydrogen (secondary N) is 1. The number of carbonyl (C=O) groups is 2. The Kier molecular flexibility index (Phi) is 6.27. The third-order valence-corrected chi connectivity index (χ3v) is 6.79. The van der Waals surface area contributed by atoms with Crippen LogP contribution in [0, 0.1) is 0 Å². The summed E-state index contributed by atoms with van der Waals surface area (Å²) in [5, 5.41) is 14.0. The summed E-state index contributed by atoms with van der Waals surface area (Å²) in [6.45, 7) is 2.91. The van der Waals surface area contributed by atoms with Crippen molar-refractivity contribution in [2.24, 2.45) is 0 Å². The number of nitrogens with zero attached hydrogens (tertiary/aromatic N) is 5. The van der Waals surface area contributed by atoms with E-state index < -0.39 is 5.25 Å². The van der Waals surface area contributed by atoms with Gasteiger partial charge in [0.05, 0.1) is 11.8 Å². The Morgan fingerprint density at radius 3 is 2.68 bits per heavy atom. The van der Waals surface area contributed by atoms with E-state index in [1.54, 1.807) is 11.1 Å². The summed E-state index contributed by atoms with van der Waals surface area (Å²) in [6, 6.07) is 19.5. The van der Waals surface area contributed by atoms with Crippen molar-refractivity contribution in [1.82, 2.24) is 24.6 Å². The second-order valence-corrected chi connectivity index (χ2v) is 9.46. The first-order valence-electron chi connectivity index (χ1n) is 11.2. The minimum absolute atomic E-state index is 0.118. The van der Waals surface area contributed by atoms with E-state index in [4.69, 9.17) is 0 Å². The highest BCUT2D eigenvalue weighted by molar-refractivity contribution is 8.00. The SMILES string of the molecule is CC(Sc1nnc(CN2CCCC2=O)n1-c1ccccn1)C(=O)Nc1ccc2ccccc2c1. The summed E-state index contributed by atoms with van der Waals surface area (Å²) in [4.78, 5) is 31.4. The smallest absolute Gasteiger partial charge is 0.237 e. The quantitative estimate of drug-likeness (QED) is 0.408. The maximum absolute atomic E-state index is 13.0. The molecule has 2 aromatic carbocycles. The Balaban J connectivity index is 1.36. The standard InChI is InChI=1S/C25H24N6O2S/c1-17(24(33)27-20-12-11-18-7-2-3-8-19(18)15-20)34-25-29-28-22(16-30-14-6-10-23(30)32)31(25)21-9-4-5-13-26-21/h2-5,7-9,11-13,15,17H,6,10,14,16H2,1H3,(H,27,33). The van der Waals surface area contributed by atoms with Gasteiger partial charge in [-0.15, -0.1) is 10.2 Å². The van der Waals surface area contributed by atoms with Crippen LogP contribution in [0.4, 0.5) is 5.69 Å². The lowest BCUT2D eigenvalue weighted by Gasteiger charge is -2.17. The molecule has 2 amide bonds. The van der Waals surface area contributed by atoms with Crippen molar-refractivity contribution in [3.8, 4) is 5.82 Å². The molecule has 1 saturated heterocycles. The lowest BCUT2D eigenvalue weighted by molar-refractivity contribution is -0.128. The van der Waals surface area contributed by atoms with Crippen LogP contribution in [-0.4, -0.2) is 48.3 Å². The van der Waals surface area contributed by atoms with E-state index in [2.05, 4.69) is 20.5 Å². The van der Waals surface area contributed by atoms with Crippen molar-refractivity contribution in [3.63, 3.8) is 0 Å². The van der Waals surface area contributed by atoms with E-state index in [1.807, 2.05) is 72.2 Å². The van der Waals surface area contributed by atoms with Gasteiger partial charge < -0.3 is 10.2 Å². The molecule has 34 heavy (non-hydrogen) atoms. The van der Waals surface area contributed by atoms with Gasteiger partial charge in [-0.2, -0.15) is 0 Å². The normalized spacial score (nSPS) is 14.5. The van der Waals surface area contributed by atoms with Gasteiger partial charge in [0.15, 0.2) is 11.0 Å². The topological polar surface area (TPSA) is 93.0 Å². The van der Waals surface area contributed by atoms with Crippen molar-refractivity contribution in [2.45, 2.75) is 36.7 Å². The molecule has 4 aromatic rings. The Hall–Kier alpha value is -3.72. The number of benzene rings is 2. The van der Waals surface area contributed by atoms with Gasteiger partial charge in [0.25, 0.3) is 0 Å². The van der Waals surface area contributed by atoms with Gasteiger partial charge in [-0.1, -0.05) is 48.2 Å². The number of hydrogen-bond acceptors (Lipinski definition) is 6.